The SMILES string of the molecule is CCCn1nc(C(=O)N=Nc2c(O)n(CC)c3ccccc23)c2ccccc2c1=O. The van der Waals surface area contributed by atoms with E-state index >= 15 is 0 Å². The Bertz CT molecular complexity index is 1350. The summed E-state index contributed by atoms with van der Waals surface area (Å²) in [6.45, 7) is 4.78. The Balaban J connectivity index is 1.82. The number of para-hydroxylation sites is 1. The molecule has 0 unspecified atom stereocenters. The molecular weight excluding hydrogens is 382 g/mol. The zero-order valence-electron chi connectivity index (χ0n) is 16.7. The molecule has 30 heavy (non-hydrogen) atoms. The Hall–Kier alpha value is -3.81. The number of rotatable bonds is 5. The molecule has 2 aromatic heterocycles. The van der Waals surface area contributed by atoms with Crippen LogP contribution in [0.25, 0.3) is 21.7 Å². The van der Waals surface area contributed by atoms with E-state index in [1.165, 1.54) is 4.68 Å². The molecule has 0 bridgehead atoms. The lowest BCUT2D eigenvalue weighted by Crippen LogP contribution is -2.25. The number of hydrogen-bond acceptors (Lipinski definition) is 5. The number of azo groups is 1. The van der Waals surface area contributed by atoms with E-state index in [0.717, 1.165) is 5.52 Å². The molecule has 2 aromatic carbocycles. The molecule has 0 aliphatic heterocycles. The molecule has 4 aromatic rings. The van der Waals surface area contributed by atoms with E-state index in [9.17, 15) is 14.7 Å². The minimum absolute atomic E-state index is 0.0518. The predicted molar refractivity (Wildman–Crippen MR) is 114 cm³/mol. The number of nitrogens with zero attached hydrogens (tertiary/aromatic N) is 5. The second-order valence-corrected chi connectivity index (χ2v) is 6.86. The quantitative estimate of drug-likeness (QED) is 0.499. The maximum absolute atomic E-state index is 12.9. The first-order valence-corrected chi connectivity index (χ1v) is 9.82. The van der Waals surface area contributed by atoms with Crippen LogP contribution in [0, 0.1) is 0 Å². The number of aryl methyl sites for hydroxylation is 2. The van der Waals surface area contributed by atoms with Crippen LogP contribution in [-0.4, -0.2) is 25.4 Å². The average molecular weight is 403 g/mol. The Labute approximate surface area is 172 Å². The highest BCUT2D eigenvalue weighted by Gasteiger charge is 2.18. The van der Waals surface area contributed by atoms with Gasteiger partial charge in [-0.25, -0.2) is 4.68 Å². The first kappa shape index (κ1) is 19.5. The third-order valence-corrected chi connectivity index (χ3v) is 4.98. The van der Waals surface area contributed by atoms with Gasteiger partial charge >= 0.3 is 5.91 Å². The van der Waals surface area contributed by atoms with Crippen molar-refractivity contribution < 1.29 is 9.90 Å². The second-order valence-electron chi connectivity index (χ2n) is 6.86. The fraction of sp³-hybridized carbons (Fsp3) is 0.227. The fourth-order valence-corrected chi connectivity index (χ4v) is 3.59. The molecule has 152 valence electrons. The van der Waals surface area contributed by atoms with Crippen LogP contribution < -0.4 is 5.56 Å². The van der Waals surface area contributed by atoms with Crippen molar-refractivity contribution in [2.45, 2.75) is 33.4 Å². The number of carbonyl (C=O) groups is 1. The number of fused-ring (bicyclic) bond motifs is 2. The molecule has 0 spiro atoms. The number of aromatic hydroxyl groups is 1. The molecule has 1 N–H and O–H groups in total. The molecule has 8 nitrogen and oxygen atoms in total. The van der Waals surface area contributed by atoms with E-state index in [1.54, 1.807) is 28.8 Å². The first-order valence-electron chi connectivity index (χ1n) is 9.82. The smallest absolute Gasteiger partial charge is 0.316 e. The Morgan fingerprint density at radius 1 is 1.03 bits per heavy atom. The summed E-state index contributed by atoms with van der Waals surface area (Å²) in [5, 5.41) is 24.2. The van der Waals surface area contributed by atoms with Crippen LogP contribution in [0.15, 0.2) is 63.6 Å². The summed E-state index contributed by atoms with van der Waals surface area (Å²) in [7, 11) is 0. The van der Waals surface area contributed by atoms with Crippen molar-refractivity contribution in [1.29, 1.82) is 0 Å². The van der Waals surface area contributed by atoms with E-state index in [4.69, 9.17) is 0 Å². The van der Waals surface area contributed by atoms with Gasteiger partial charge in [-0.3, -0.25) is 9.59 Å². The van der Waals surface area contributed by atoms with Gasteiger partial charge in [0.1, 0.15) is 0 Å². The number of hydrogen-bond donors (Lipinski definition) is 1. The Kier molecular flexibility index (Phi) is 5.14. The van der Waals surface area contributed by atoms with Crippen molar-refractivity contribution in [3.8, 4) is 5.88 Å². The fourth-order valence-electron chi connectivity index (χ4n) is 3.59. The highest BCUT2D eigenvalue weighted by molar-refractivity contribution is 6.05. The minimum atomic E-state index is -0.677. The van der Waals surface area contributed by atoms with Gasteiger partial charge < -0.3 is 9.67 Å². The Morgan fingerprint density at radius 3 is 2.40 bits per heavy atom. The van der Waals surface area contributed by atoms with E-state index in [0.29, 0.717) is 35.7 Å². The lowest BCUT2D eigenvalue weighted by molar-refractivity contribution is 0.0989. The van der Waals surface area contributed by atoms with Crippen molar-refractivity contribution in [1.82, 2.24) is 14.3 Å². The topological polar surface area (TPSA) is 102 Å². The molecule has 8 heteroatoms. The van der Waals surface area contributed by atoms with Crippen molar-refractivity contribution in [3.63, 3.8) is 0 Å². The zero-order valence-corrected chi connectivity index (χ0v) is 16.7. The normalized spacial score (nSPS) is 11.7. The van der Waals surface area contributed by atoms with Gasteiger partial charge in [-0.15, -0.1) is 10.2 Å². The molecule has 1 amide bonds. The monoisotopic (exact) mass is 403 g/mol. The van der Waals surface area contributed by atoms with E-state index in [-0.39, 0.29) is 22.8 Å². The predicted octanol–water partition coefficient (Wildman–Crippen LogP) is 4.41. The Morgan fingerprint density at radius 2 is 1.70 bits per heavy atom. The lowest BCUT2D eigenvalue weighted by Gasteiger charge is -2.07. The van der Waals surface area contributed by atoms with Crippen LogP contribution in [-0.2, 0) is 13.1 Å². The van der Waals surface area contributed by atoms with Crippen LogP contribution in [0.5, 0.6) is 5.88 Å². The molecule has 0 fully saturated rings. The minimum Gasteiger partial charge on any atom is -0.493 e. The summed E-state index contributed by atoms with van der Waals surface area (Å²) in [5.41, 5.74) is 0.844. The van der Waals surface area contributed by atoms with Crippen LogP contribution in [0.3, 0.4) is 0 Å². The molecule has 0 aliphatic rings. The van der Waals surface area contributed by atoms with Crippen LogP contribution in [0.4, 0.5) is 5.69 Å². The molecular formula is C22H21N5O3. The highest BCUT2D eigenvalue weighted by atomic mass is 16.3. The first-order chi connectivity index (χ1) is 14.6. The van der Waals surface area contributed by atoms with Crippen molar-refractivity contribution in [2.75, 3.05) is 0 Å². The highest BCUT2D eigenvalue weighted by Crippen LogP contribution is 2.38. The maximum Gasteiger partial charge on any atom is 0.316 e. The van der Waals surface area contributed by atoms with Gasteiger partial charge in [-0.1, -0.05) is 43.3 Å². The standard InChI is InChI=1S/C22H21N5O3/c1-3-13-27-21(29)15-10-6-5-9-14(15)18(25-27)20(28)24-23-19-16-11-7-8-12-17(16)26(4-2)22(19)30/h5-12,30H,3-4,13H2,1-2H3. The van der Waals surface area contributed by atoms with E-state index < -0.39 is 5.91 Å². The van der Waals surface area contributed by atoms with Gasteiger partial charge in [0.15, 0.2) is 11.4 Å². The molecule has 0 radical (unpaired) electrons. The average Bonchev–Trinajstić information content (AvgIpc) is 3.04. The van der Waals surface area contributed by atoms with Crippen LogP contribution in [0.2, 0.25) is 0 Å². The molecule has 0 atom stereocenters. The second kappa shape index (κ2) is 7.90. The summed E-state index contributed by atoms with van der Waals surface area (Å²) in [6.07, 6.45) is 0.699. The summed E-state index contributed by atoms with van der Waals surface area (Å²) < 4.78 is 2.98. The zero-order chi connectivity index (χ0) is 21.3. The van der Waals surface area contributed by atoms with Gasteiger partial charge in [0.2, 0.25) is 5.88 Å². The number of amides is 1. The molecule has 0 aliphatic carbocycles. The summed E-state index contributed by atoms with van der Waals surface area (Å²) in [6, 6.07) is 14.2. The number of carbonyl (C=O) groups excluding carboxylic acids is 1. The van der Waals surface area contributed by atoms with Gasteiger partial charge in [0.25, 0.3) is 5.56 Å². The van der Waals surface area contributed by atoms with Crippen molar-refractivity contribution in [2.24, 2.45) is 10.2 Å². The summed E-state index contributed by atoms with van der Waals surface area (Å²) in [5.74, 6) is -0.729. The van der Waals surface area contributed by atoms with E-state index in [1.807, 2.05) is 38.1 Å². The largest absolute Gasteiger partial charge is 0.493 e. The summed E-state index contributed by atoms with van der Waals surface area (Å²) >= 11 is 0. The van der Waals surface area contributed by atoms with Gasteiger partial charge in [-0.2, -0.15) is 5.10 Å². The van der Waals surface area contributed by atoms with Gasteiger partial charge in [-0.05, 0) is 25.5 Å². The third-order valence-electron chi connectivity index (χ3n) is 4.98. The molecule has 4 rings (SSSR count). The van der Waals surface area contributed by atoms with Crippen molar-refractivity contribution in [3.05, 3.63) is 64.6 Å². The third kappa shape index (κ3) is 3.16. The maximum atomic E-state index is 12.9. The van der Waals surface area contributed by atoms with Gasteiger partial charge in [0, 0.05) is 23.9 Å². The number of benzene rings is 2. The molecule has 0 saturated carbocycles. The van der Waals surface area contributed by atoms with E-state index in [2.05, 4.69) is 15.3 Å². The van der Waals surface area contributed by atoms with Gasteiger partial charge in [0.05, 0.1) is 10.9 Å². The lowest BCUT2D eigenvalue weighted by atomic mass is 10.1. The molecule has 0 saturated heterocycles. The number of aromatic nitrogens is 3. The van der Waals surface area contributed by atoms with Crippen molar-refractivity contribution >= 4 is 33.3 Å². The van der Waals surface area contributed by atoms with Crippen LogP contribution in [0.1, 0.15) is 30.8 Å². The summed E-state index contributed by atoms with van der Waals surface area (Å²) in [4.78, 5) is 25.5. The molecule has 2 heterocycles. The van der Waals surface area contributed by atoms with Crippen LogP contribution >= 0.6 is 0 Å².